The van der Waals surface area contributed by atoms with E-state index in [0.29, 0.717) is 5.91 Å². The van der Waals surface area contributed by atoms with Crippen molar-refractivity contribution >= 4 is 29.0 Å². The number of benzene rings is 2. The van der Waals surface area contributed by atoms with E-state index >= 15 is 0 Å². The van der Waals surface area contributed by atoms with E-state index in [9.17, 15) is 4.79 Å². The molecule has 0 atom stereocenters. The van der Waals surface area contributed by atoms with E-state index in [2.05, 4.69) is 20.0 Å². The maximum Gasteiger partial charge on any atom is 0.225 e. The van der Waals surface area contributed by atoms with Gasteiger partial charge in [0.05, 0.1) is 12.8 Å². The second-order valence-electron chi connectivity index (χ2n) is 9.06. The third kappa shape index (κ3) is 5.35. The van der Waals surface area contributed by atoms with Gasteiger partial charge in [0.2, 0.25) is 5.91 Å². The molecule has 3 heterocycles. The van der Waals surface area contributed by atoms with Gasteiger partial charge in [0.1, 0.15) is 5.75 Å². The van der Waals surface area contributed by atoms with Crippen LogP contribution >= 0.6 is 11.6 Å². The number of rotatable bonds is 5. The molecule has 8 heteroatoms. The number of nitrogens with zero attached hydrogens (tertiary/aromatic N) is 5. The molecule has 1 amide bonds. The van der Waals surface area contributed by atoms with Crippen molar-refractivity contribution in [2.45, 2.75) is 12.8 Å². The van der Waals surface area contributed by atoms with E-state index in [1.807, 2.05) is 65.6 Å². The van der Waals surface area contributed by atoms with Gasteiger partial charge in [0.15, 0.2) is 5.82 Å². The van der Waals surface area contributed by atoms with Gasteiger partial charge < -0.3 is 19.4 Å². The van der Waals surface area contributed by atoms with Gasteiger partial charge in [0.25, 0.3) is 0 Å². The number of hydrogen-bond donors (Lipinski definition) is 0. The number of amides is 1. The first-order chi connectivity index (χ1) is 17.1. The number of piperazine rings is 1. The van der Waals surface area contributed by atoms with Crippen molar-refractivity contribution in [2.75, 3.05) is 56.2 Å². The van der Waals surface area contributed by atoms with Crippen molar-refractivity contribution in [1.82, 2.24) is 15.1 Å². The van der Waals surface area contributed by atoms with Crippen LogP contribution in [0.1, 0.15) is 12.8 Å². The Morgan fingerprint density at radius 2 is 1.51 bits per heavy atom. The molecule has 3 aromatic rings. The van der Waals surface area contributed by atoms with E-state index in [0.717, 1.165) is 85.6 Å². The zero-order valence-electron chi connectivity index (χ0n) is 19.9. The standard InChI is InChI=1S/C27H30ClN5O2/c1-35-24-8-2-20(3-9-24)25-10-11-26(30-29-25)32-14-12-21(13-15-32)27(34)33-18-16-31(17-19-33)23-6-4-22(28)5-7-23/h2-11,21H,12-19H2,1H3. The van der Waals surface area contributed by atoms with Crippen molar-refractivity contribution < 1.29 is 9.53 Å². The Hall–Kier alpha value is -3.32. The number of methoxy groups -OCH3 is 1. The molecule has 0 saturated carbocycles. The highest BCUT2D eigenvalue weighted by atomic mass is 35.5. The van der Waals surface area contributed by atoms with E-state index in [1.54, 1.807) is 7.11 Å². The predicted molar refractivity (Wildman–Crippen MR) is 139 cm³/mol. The summed E-state index contributed by atoms with van der Waals surface area (Å²) in [7, 11) is 1.66. The van der Waals surface area contributed by atoms with Crippen molar-refractivity contribution in [3.05, 3.63) is 65.7 Å². The summed E-state index contributed by atoms with van der Waals surface area (Å²) < 4.78 is 5.22. The van der Waals surface area contributed by atoms with Gasteiger partial charge in [-0.05, 0) is 73.5 Å². The van der Waals surface area contributed by atoms with Crippen LogP contribution in [0, 0.1) is 5.92 Å². The average Bonchev–Trinajstić information content (AvgIpc) is 2.93. The molecule has 0 N–H and O–H groups in total. The number of piperidine rings is 1. The Morgan fingerprint density at radius 3 is 2.11 bits per heavy atom. The van der Waals surface area contributed by atoms with E-state index in [4.69, 9.17) is 16.3 Å². The first-order valence-electron chi connectivity index (χ1n) is 12.1. The van der Waals surface area contributed by atoms with E-state index in [-0.39, 0.29) is 5.92 Å². The minimum absolute atomic E-state index is 0.0832. The van der Waals surface area contributed by atoms with Crippen molar-refractivity contribution in [2.24, 2.45) is 5.92 Å². The van der Waals surface area contributed by atoms with Gasteiger partial charge in [-0.25, -0.2) is 0 Å². The second-order valence-corrected chi connectivity index (χ2v) is 9.49. The molecule has 2 aromatic carbocycles. The fourth-order valence-corrected chi connectivity index (χ4v) is 4.99. The molecule has 0 radical (unpaired) electrons. The highest BCUT2D eigenvalue weighted by Gasteiger charge is 2.31. The van der Waals surface area contributed by atoms with Crippen LogP contribution < -0.4 is 14.5 Å². The van der Waals surface area contributed by atoms with Crippen LogP contribution in [-0.2, 0) is 4.79 Å². The van der Waals surface area contributed by atoms with Crippen LogP contribution in [0.2, 0.25) is 5.02 Å². The molecule has 0 spiro atoms. The molecule has 0 aliphatic carbocycles. The molecule has 2 aliphatic heterocycles. The Kier molecular flexibility index (Phi) is 7.04. The van der Waals surface area contributed by atoms with Crippen LogP contribution in [0.3, 0.4) is 0 Å². The lowest BCUT2D eigenvalue weighted by Gasteiger charge is -2.39. The molecule has 182 valence electrons. The van der Waals surface area contributed by atoms with E-state index in [1.165, 1.54) is 0 Å². The average molecular weight is 492 g/mol. The number of anilines is 2. The number of halogens is 1. The van der Waals surface area contributed by atoms with Gasteiger partial charge in [-0.3, -0.25) is 4.79 Å². The van der Waals surface area contributed by atoms with Gasteiger partial charge in [-0.1, -0.05) is 11.6 Å². The van der Waals surface area contributed by atoms with Gasteiger partial charge >= 0.3 is 0 Å². The highest BCUT2D eigenvalue weighted by molar-refractivity contribution is 6.30. The Morgan fingerprint density at radius 1 is 0.829 bits per heavy atom. The summed E-state index contributed by atoms with van der Waals surface area (Å²) in [5.41, 5.74) is 3.00. The lowest BCUT2D eigenvalue weighted by atomic mass is 9.95. The molecular weight excluding hydrogens is 462 g/mol. The molecule has 2 fully saturated rings. The molecule has 1 aromatic heterocycles. The second kappa shape index (κ2) is 10.5. The molecule has 5 rings (SSSR count). The van der Waals surface area contributed by atoms with E-state index < -0.39 is 0 Å². The first-order valence-corrected chi connectivity index (χ1v) is 12.5. The first kappa shape index (κ1) is 23.4. The largest absolute Gasteiger partial charge is 0.497 e. The smallest absolute Gasteiger partial charge is 0.225 e. The third-order valence-electron chi connectivity index (χ3n) is 6.99. The highest BCUT2D eigenvalue weighted by Crippen LogP contribution is 2.26. The predicted octanol–water partition coefficient (Wildman–Crippen LogP) is 4.37. The maximum absolute atomic E-state index is 13.2. The molecule has 2 aliphatic rings. The summed E-state index contributed by atoms with van der Waals surface area (Å²) in [4.78, 5) is 19.7. The van der Waals surface area contributed by atoms with Gasteiger partial charge in [-0.2, -0.15) is 0 Å². The molecule has 0 bridgehead atoms. The molecule has 2 saturated heterocycles. The van der Waals surface area contributed by atoms with Crippen LogP contribution in [0.4, 0.5) is 11.5 Å². The number of ether oxygens (including phenoxy) is 1. The summed E-state index contributed by atoms with van der Waals surface area (Å²) in [5.74, 6) is 2.06. The van der Waals surface area contributed by atoms with Crippen LogP contribution in [0.25, 0.3) is 11.3 Å². The number of aromatic nitrogens is 2. The fraction of sp³-hybridized carbons (Fsp3) is 0.370. The summed E-state index contributed by atoms with van der Waals surface area (Å²) in [6.45, 7) is 4.86. The number of carbonyl (C=O) groups is 1. The van der Waals surface area contributed by atoms with Crippen LogP contribution in [0.15, 0.2) is 60.7 Å². The molecule has 35 heavy (non-hydrogen) atoms. The maximum atomic E-state index is 13.2. The van der Waals surface area contributed by atoms with Crippen molar-refractivity contribution in [3.63, 3.8) is 0 Å². The lowest BCUT2D eigenvalue weighted by Crippen LogP contribution is -2.51. The summed E-state index contributed by atoms with van der Waals surface area (Å²) in [6.07, 6.45) is 1.69. The molecular formula is C27H30ClN5O2. The van der Waals surface area contributed by atoms with Gasteiger partial charge in [0, 0.05) is 61.5 Å². The quantitative estimate of drug-likeness (QED) is 0.528. The van der Waals surface area contributed by atoms with Gasteiger partial charge in [-0.15, -0.1) is 10.2 Å². The van der Waals surface area contributed by atoms with Crippen LogP contribution in [0.5, 0.6) is 5.75 Å². The monoisotopic (exact) mass is 491 g/mol. The summed E-state index contributed by atoms with van der Waals surface area (Å²) >= 11 is 6.01. The molecule has 0 unspecified atom stereocenters. The zero-order chi connectivity index (χ0) is 24.2. The zero-order valence-corrected chi connectivity index (χ0v) is 20.7. The molecule has 7 nitrogen and oxygen atoms in total. The lowest BCUT2D eigenvalue weighted by molar-refractivity contribution is -0.136. The van der Waals surface area contributed by atoms with Crippen molar-refractivity contribution in [1.29, 1.82) is 0 Å². The SMILES string of the molecule is COc1ccc(-c2ccc(N3CCC(C(=O)N4CCN(c5ccc(Cl)cc5)CC4)CC3)nn2)cc1. The minimum Gasteiger partial charge on any atom is -0.497 e. The summed E-state index contributed by atoms with van der Waals surface area (Å²) in [6, 6.07) is 19.7. The Bertz CT molecular complexity index is 1120. The topological polar surface area (TPSA) is 61.8 Å². The minimum atomic E-state index is 0.0832. The Balaban J connectivity index is 1.12. The number of hydrogen-bond acceptors (Lipinski definition) is 6. The fourth-order valence-electron chi connectivity index (χ4n) is 4.86. The summed E-state index contributed by atoms with van der Waals surface area (Å²) in [5, 5.41) is 9.63. The third-order valence-corrected chi connectivity index (χ3v) is 7.24. The Labute approximate surface area is 211 Å². The van der Waals surface area contributed by atoms with Crippen molar-refractivity contribution in [3.8, 4) is 17.0 Å². The van der Waals surface area contributed by atoms with Crippen LogP contribution in [-0.4, -0.2) is 67.4 Å². The normalized spacial score (nSPS) is 16.9. The number of carbonyl (C=O) groups excluding carboxylic acids is 1.